The van der Waals surface area contributed by atoms with Crippen LogP contribution in [0.25, 0.3) is 33.4 Å². The predicted molar refractivity (Wildman–Crippen MR) is 97.9 cm³/mol. The van der Waals surface area contributed by atoms with Gasteiger partial charge in [0, 0.05) is 5.56 Å². The Hall–Kier alpha value is -3.13. The fourth-order valence-corrected chi connectivity index (χ4v) is 3.10. The van der Waals surface area contributed by atoms with E-state index in [2.05, 4.69) is 18.2 Å². The van der Waals surface area contributed by atoms with Gasteiger partial charge in [-0.05, 0) is 36.2 Å². The van der Waals surface area contributed by atoms with Crippen molar-refractivity contribution in [2.45, 2.75) is 6.92 Å². The highest BCUT2D eigenvalue weighted by Crippen LogP contribution is 2.37. The topological polar surface area (TPSA) is 31.5 Å². The van der Waals surface area contributed by atoms with Crippen molar-refractivity contribution in [3.63, 3.8) is 0 Å². The van der Waals surface area contributed by atoms with Crippen molar-refractivity contribution in [2.75, 3.05) is 0 Å². The van der Waals surface area contributed by atoms with Crippen molar-refractivity contribution < 1.29 is 9.52 Å². The average molecular weight is 313 g/mol. The molecule has 1 N–H and O–H groups in total. The van der Waals surface area contributed by atoms with E-state index in [4.69, 9.17) is 4.42 Å². The van der Waals surface area contributed by atoms with E-state index in [0.29, 0.717) is 5.58 Å². The van der Waals surface area contributed by atoms with Crippen molar-refractivity contribution >= 4 is 11.0 Å². The van der Waals surface area contributed by atoms with E-state index in [9.17, 15) is 5.11 Å². The first-order valence-corrected chi connectivity index (χ1v) is 7.94. The molecule has 0 aliphatic rings. The molecule has 24 heavy (non-hydrogen) atoms. The maximum Gasteiger partial charge on any atom is 0.365 e. The Morgan fingerprint density at radius 3 is 2.04 bits per heavy atom. The highest BCUT2D eigenvalue weighted by molar-refractivity contribution is 5.98. The zero-order valence-electron chi connectivity index (χ0n) is 13.4. The molecule has 0 aliphatic heterocycles. The molecule has 0 saturated heterocycles. The van der Waals surface area contributed by atoms with Crippen molar-refractivity contribution in [3.05, 3.63) is 84.4 Å². The summed E-state index contributed by atoms with van der Waals surface area (Å²) in [5, 5.41) is 11.0. The SMILES string of the molecule is Cc1cc(O)cc2[o+]c(-c3ccccc3)cc(-c3ccccc3)c12. The summed E-state index contributed by atoms with van der Waals surface area (Å²) in [5.74, 6) is 1.000. The molecule has 0 unspecified atom stereocenters. The van der Waals surface area contributed by atoms with Gasteiger partial charge < -0.3 is 5.11 Å². The van der Waals surface area contributed by atoms with Crippen LogP contribution < -0.4 is 0 Å². The predicted octanol–water partition coefficient (Wildman–Crippen LogP) is 6.06. The van der Waals surface area contributed by atoms with Crippen LogP contribution in [0.4, 0.5) is 0 Å². The fraction of sp³-hybridized carbons (Fsp3) is 0.0455. The third kappa shape index (κ3) is 2.52. The Bertz CT molecular complexity index is 1010. The van der Waals surface area contributed by atoms with Gasteiger partial charge in [0.05, 0.1) is 23.1 Å². The minimum atomic E-state index is 0.216. The minimum Gasteiger partial charge on any atom is -0.508 e. The number of benzene rings is 3. The molecule has 0 atom stereocenters. The number of aromatic hydroxyl groups is 1. The molecule has 0 spiro atoms. The smallest absolute Gasteiger partial charge is 0.365 e. The number of aryl methyl sites for hydroxylation is 1. The molecule has 0 fully saturated rings. The summed E-state index contributed by atoms with van der Waals surface area (Å²) in [4.78, 5) is 0. The van der Waals surface area contributed by atoms with Gasteiger partial charge in [-0.15, -0.1) is 0 Å². The van der Waals surface area contributed by atoms with E-state index in [1.165, 1.54) is 0 Å². The molecule has 4 rings (SSSR count). The van der Waals surface area contributed by atoms with Crippen LogP contribution in [-0.4, -0.2) is 5.11 Å². The summed E-state index contributed by atoms with van der Waals surface area (Å²) in [6.45, 7) is 1.99. The molecule has 0 aliphatic carbocycles. The highest BCUT2D eigenvalue weighted by Gasteiger charge is 2.22. The summed E-state index contributed by atoms with van der Waals surface area (Å²) in [6.07, 6.45) is 0. The lowest BCUT2D eigenvalue weighted by Crippen LogP contribution is -1.88. The average Bonchev–Trinajstić information content (AvgIpc) is 2.62. The maximum atomic E-state index is 9.97. The summed E-state index contributed by atoms with van der Waals surface area (Å²) in [6, 6.07) is 25.8. The first kappa shape index (κ1) is 14.5. The van der Waals surface area contributed by atoms with Gasteiger partial charge in [-0.3, -0.25) is 0 Å². The standard InChI is InChI=1S/C22H16O2/c1-15-12-18(23)13-21-22(15)19(16-8-4-2-5-9-16)14-20(24-21)17-10-6-3-7-11-17/h2-14H,1H3/p+1. The van der Waals surface area contributed by atoms with Crippen LogP contribution in [-0.2, 0) is 0 Å². The minimum absolute atomic E-state index is 0.216. The molecule has 3 aromatic carbocycles. The second-order valence-electron chi connectivity index (χ2n) is 5.89. The first-order chi connectivity index (χ1) is 11.7. The third-order valence-corrected chi connectivity index (χ3v) is 4.19. The number of hydrogen-bond acceptors (Lipinski definition) is 1. The van der Waals surface area contributed by atoms with Crippen LogP contribution in [0.5, 0.6) is 5.75 Å². The van der Waals surface area contributed by atoms with Crippen LogP contribution in [0.2, 0.25) is 0 Å². The van der Waals surface area contributed by atoms with Gasteiger partial charge in [0.15, 0.2) is 0 Å². The van der Waals surface area contributed by atoms with Crippen LogP contribution in [0, 0.1) is 6.92 Å². The van der Waals surface area contributed by atoms with E-state index < -0.39 is 0 Å². The van der Waals surface area contributed by atoms with E-state index >= 15 is 0 Å². The zero-order chi connectivity index (χ0) is 16.5. The molecule has 0 saturated carbocycles. The zero-order valence-corrected chi connectivity index (χ0v) is 13.4. The molecule has 116 valence electrons. The lowest BCUT2D eigenvalue weighted by molar-refractivity contribution is 0.474. The van der Waals surface area contributed by atoms with E-state index in [0.717, 1.165) is 33.4 Å². The van der Waals surface area contributed by atoms with Crippen molar-refractivity contribution in [2.24, 2.45) is 0 Å². The van der Waals surface area contributed by atoms with E-state index in [1.54, 1.807) is 12.1 Å². The Labute approximate surface area is 140 Å². The maximum absolute atomic E-state index is 9.97. The molecule has 1 heterocycles. The van der Waals surface area contributed by atoms with Crippen LogP contribution in [0.15, 0.2) is 83.3 Å². The molecule has 2 heteroatoms. The second-order valence-corrected chi connectivity index (χ2v) is 5.89. The van der Waals surface area contributed by atoms with Crippen molar-refractivity contribution in [1.82, 2.24) is 0 Å². The largest absolute Gasteiger partial charge is 0.508 e. The van der Waals surface area contributed by atoms with Gasteiger partial charge in [0.2, 0.25) is 0 Å². The van der Waals surface area contributed by atoms with Gasteiger partial charge in [0.25, 0.3) is 0 Å². The van der Waals surface area contributed by atoms with Gasteiger partial charge >= 0.3 is 11.3 Å². The molecular formula is C22H17O2+. The normalized spacial score (nSPS) is 10.9. The summed E-state index contributed by atoms with van der Waals surface area (Å²) >= 11 is 0. The fourth-order valence-electron chi connectivity index (χ4n) is 3.10. The lowest BCUT2D eigenvalue weighted by atomic mass is 9.97. The number of hydrogen-bond donors (Lipinski definition) is 1. The summed E-state index contributed by atoms with van der Waals surface area (Å²) in [5.41, 5.74) is 4.93. The van der Waals surface area contributed by atoms with Gasteiger partial charge in [-0.2, -0.15) is 0 Å². The number of phenols is 1. The molecule has 2 nitrogen and oxygen atoms in total. The Morgan fingerprint density at radius 1 is 0.750 bits per heavy atom. The molecule has 1 aromatic heterocycles. The summed E-state index contributed by atoms with van der Waals surface area (Å²) < 4.78 is 6.11. The Balaban J connectivity index is 2.08. The number of rotatable bonds is 2. The molecule has 0 bridgehead atoms. The van der Waals surface area contributed by atoms with Crippen LogP contribution in [0.1, 0.15) is 5.56 Å². The lowest BCUT2D eigenvalue weighted by Gasteiger charge is -2.06. The van der Waals surface area contributed by atoms with Crippen molar-refractivity contribution in [3.8, 4) is 28.2 Å². The quantitative estimate of drug-likeness (QED) is 0.456. The van der Waals surface area contributed by atoms with E-state index in [1.807, 2.05) is 55.5 Å². The Kier molecular flexibility index (Phi) is 3.51. The van der Waals surface area contributed by atoms with Crippen LogP contribution >= 0.6 is 0 Å². The van der Waals surface area contributed by atoms with Gasteiger partial charge in [-0.25, -0.2) is 4.42 Å². The molecule has 4 aromatic rings. The number of fused-ring (bicyclic) bond motifs is 1. The van der Waals surface area contributed by atoms with Crippen LogP contribution in [0.3, 0.4) is 0 Å². The molecular weight excluding hydrogens is 296 g/mol. The van der Waals surface area contributed by atoms with Gasteiger partial charge in [-0.1, -0.05) is 48.5 Å². The first-order valence-electron chi connectivity index (χ1n) is 7.94. The Morgan fingerprint density at radius 2 is 1.38 bits per heavy atom. The van der Waals surface area contributed by atoms with Gasteiger partial charge in [0.1, 0.15) is 5.75 Å². The highest BCUT2D eigenvalue weighted by atomic mass is 16.3. The molecule has 0 radical (unpaired) electrons. The number of phenolic OH excluding ortho intramolecular Hbond substituents is 1. The second kappa shape index (κ2) is 5.82. The summed E-state index contributed by atoms with van der Waals surface area (Å²) in [7, 11) is 0. The van der Waals surface area contributed by atoms with Crippen molar-refractivity contribution in [1.29, 1.82) is 0 Å². The molecule has 0 amide bonds. The monoisotopic (exact) mass is 313 g/mol. The third-order valence-electron chi connectivity index (χ3n) is 4.19. The van der Waals surface area contributed by atoms with E-state index in [-0.39, 0.29) is 5.75 Å².